The summed E-state index contributed by atoms with van der Waals surface area (Å²) in [5, 5.41) is 12.2. The van der Waals surface area contributed by atoms with Crippen molar-refractivity contribution >= 4 is 39.0 Å². The molecule has 2 aromatic heterocycles. The van der Waals surface area contributed by atoms with E-state index in [0.29, 0.717) is 10.9 Å². The molecule has 26 heavy (non-hydrogen) atoms. The molecule has 0 spiro atoms. The van der Waals surface area contributed by atoms with Crippen LogP contribution in [0.5, 0.6) is 0 Å². The summed E-state index contributed by atoms with van der Waals surface area (Å²) in [5.74, 6) is 0.606. The van der Waals surface area contributed by atoms with Crippen LogP contribution in [0.1, 0.15) is 28.8 Å². The summed E-state index contributed by atoms with van der Waals surface area (Å²) >= 11 is 3.13. The molecular formula is C18H17N3O3S2. The van der Waals surface area contributed by atoms with Gasteiger partial charge in [0.05, 0.1) is 10.3 Å². The minimum Gasteiger partial charge on any atom is -0.290 e. The van der Waals surface area contributed by atoms with Gasteiger partial charge in [0, 0.05) is 29.8 Å². The zero-order valence-corrected chi connectivity index (χ0v) is 15.9. The van der Waals surface area contributed by atoms with Crippen LogP contribution in [0, 0.1) is 10.1 Å². The molecule has 0 aliphatic heterocycles. The summed E-state index contributed by atoms with van der Waals surface area (Å²) in [6.07, 6.45) is 4.34. The Bertz CT molecular complexity index is 1050. The third kappa shape index (κ3) is 3.03. The lowest BCUT2D eigenvalue weighted by atomic mass is 9.97. The van der Waals surface area contributed by atoms with Gasteiger partial charge in [-0.2, -0.15) is 0 Å². The summed E-state index contributed by atoms with van der Waals surface area (Å²) in [5.41, 5.74) is 2.27. The third-order valence-electron chi connectivity index (χ3n) is 4.67. The van der Waals surface area contributed by atoms with Gasteiger partial charge in [-0.15, -0.1) is 11.3 Å². The standard InChI is InChI=1S/C18H17N3O3S2/c1-20-17(22)15-13-4-2-3-5-14(13)26-16(15)19-18(20)25-10-11-6-8-12(9-7-11)21(23)24/h6-9H,2-5,10H2,1H3. The Kier molecular flexibility index (Phi) is 4.54. The quantitative estimate of drug-likeness (QED) is 0.292. The van der Waals surface area contributed by atoms with Crippen LogP contribution in [0.25, 0.3) is 10.2 Å². The van der Waals surface area contributed by atoms with Gasteiger partial charge in [0.15, 0.2) is 5.16 Å². The van der Waals surface area contributed by atoms with E-state index in [1.54, 1.807) is 35.1 Å². The van der Waals surface area contributed by atoms with E-state index in [9.17, 15) is 14.9 Å². The van der Waals surface area contributed by atoms with Gasteiger partial charge < -0.3 is 0 Å². The van der Waals surface area contributed by atoms with Crippen molar-refractivity contribution in [3.8, 4) is 0 Å². The second-order valence-electron chi connectivity index (χ2n) is 6.36. The smallest absolute Gasteiger partial charge is 0.269 e. The van der Waals surface area contributed by atoms with Crippen LogP contribution >= 0.6 is 23.1 Å². The average Bonchev–Trinajstić information content (AvgIpc) is 3.02. The van der Waals surface area contributed by atoms with Crippen molar-refractivity contribution in [1.29, 1.82) is 0 Å². The summed E-state index contributed by atoms with van der Waals surface area (Å²) in [6.45, 7) is 0. The number of aromatic nitrogens is 2. The van der Waals surface area contributed by atoms with Gasteiger partial charge in [0.2, 0.25) is 0 Å². The van der Waals surface area contributed by atoms with Gasteiger partial charge >= 0.3 is 0 Å². The predicted molar refractivity (Wildman–Crippen MR) is 104 cm³/mol. The fraction of sp³-hybridized carbons (Fsp3) is 0.333. The van der Waals surface area contributed by atoms with Gasteiger partial charge in [0.25, 0.3) is 11.2 Å². The fourth-order valence-electron chi connectivity index (χ4n) is 3.26. The van der Waals surface area contributed by atoms with Crippen molar-refractivity contribution in [3.63, 3.8) is 0 Å². The molecule has 0 amide bonds. The molecule has 0 radical (unpaired) electrons. The Morgan fingerprint density at radius 2 is 2.00 bits per heavy atom. The Morgan fingerprint density at radius 1 is 1.27 bits per heavy atom. The third-order valence-corrected chi connectivity index (χ3v) is 6.96. The molecule has 0 saturated heterocycles. The summed E-state index contributed by atoms with van der Waals surface area (Å²) in [4.78, 5) is 30.1. The summed E-state index contributed by atoms with van der Waals surface area (Å²) < 4.78 is 1.62. The maximum atomic E-state index is 12.9. The minimum atomic E-state index is -0.408. The zero-order chi connectivity index (χ0) is 18.3. The molecule has 1 aliphatic carbocycles. The number of rotatable bonds is 4. The van der Waals surface area contributed by atoms with Crippen LogP contribution in [0.3, 0.4) is 0 Å². The number of nitro benzene ring substituents is 1. The van der Waals surface area contributed by atoms with E-state index in [-0.39, 0.29) is 11.2 Å². The van der Waals surface area contributed by atoms with Crippen LogP contribution in [0.15, 0.2) is 34.2 Å². The molecule has 1 aromatic carbocycles. The van der Waals surface area contributed by atoms with Crippen LogP contribution < -0.4 is 5.56 Å². The van der Waals surface area contributed by atoms with E-state index in [1.807, 2.05) is 0 Å². The van der Waals surface area contributed by atoms with Crippen LogP contribution in [0.4, 0.5) is 5.69 Å². The number of thiophene rings is 1. The zero-order valence-electron chi connectivity index (χ0n) is 14.2. The fourth-order valence-corrected chi connectivity index (χ4v) is 5.49. The van der Waals surface area contributed by atoms with Crippen molar-refractivity contribution in [1.82, 2.24) is 9.55 Å². The number of benzene rings is 1. The highest BCUT2D eigenvalue weighted by molar-refractivity contribution is 7.98. The Labute approximate surface area is 158 Å². The molecule has 0 atom stereocenters. The number of hydrogen-bond donors (Lipinski definition) is 0. The molecule has 0 N–H and O–H groups in total. The lowest BCUT2D eigenvalue weighted by Crippen LogP contribution is -2.20. The van der Waals surface area contributed by atoms with Crippen molar-refractivity contribution < 1.29 is 4.92 Å². The topological polar surface area (TPSA) is 78.0 Å². The van der Waals surface area contributed by atoms with E-state index in [0.717, 1.165) is 35.0 Å². The number of nitrogens with zero attached hydrogens (tertiary/aromatic N) is 3. The number of non-ortho nitro benzene ring substituents is 1. The highest BCUT2D eigenvalue weighted by Crippen LogP contribution is 2.34. The van der Waals surface area contributed by atoms with E-state index in [1.165, 1.54) is 40.8 Å². The molecule has 2 heterocycles. The molecule has 4 rings (SSSR count). The molecule has 0 saturated carbocycles. The van der Waals surface area contributed by atoms with Crippen LogP contribution in [-0.2, 0) is 25.6 Å². The lowest BCUT2D eigenvalue weighted by molar-refractivity contribution is -0.384. The summed E-state index contributed by atoms with van der Waals surface area (Å²) in [6, 6.07) is 6.48. The number of nitro groups is 1. The maximum Gasteiger partial charge on any atom is 0.269 e. The molecule has 3 aromatic rings. The average molecular weight is 387 g/mol. The lowest BCUT2D eigenvalue weighted by Gasteiger charge is -2.10. The van der Waals surface area contributed by atoms with E-state index in [4.69, 9.17) is 4.98 Å². The van der Waals surface area contributed by atoms with E-state index in [2.05, 4.69) is 0 Å². The van der Waals surface area contributed by atoms with Gasteiger partial charge in [-0.1, -0.05) is 23.9 Å². The van der Waals surface area contributed by atoms with Crippen molar-refractivity contribution in [3.05, 3.63) is 60.7 Å². The molecule has 134 valence electrons. The second-order valence-corrected chi connectivity index (χ2v) is 8.39. The Morgan fingerprint density at radius 3 is 2.73 bits per heavy atom. The largest absolute Gasteiger partial charge is 0.290 e. The van der Waals surface area contributed by atoms with E-state index >= 15 is 0 Å². The highest BCUT2D eigenvalue weighted by Gasteiger charge is 2.21. The minimum absolute atomic E-state index is 0.0283. The Hall–Kier alpha value is -2.19. The normalized spacial score (nSPS) is 13.7. The second kappa shape index (κ2) is 6.85. The molecule has 8 heteroatoms. The predicted octanol–water partition coefficient (Wildman–Crippen LogP) is 4.07. The number of thioether (sulfide) groups is 1. The van der Waals surface area contributed by atoms with E-state index < -0.39 is 4.92 Å². The molecular weight excluding hydrogens is 370 g/mol. The summed E-state index contributed by atoms with van der Waals surface area (Å²) in [7, 11) is 1.76. The monoisotopic (exact) mass is 387 g/mol. The van der Waals surface area contributed by atoms with Crippen LogP contribution in [-0.4, -0.2) is 14.5 Å². The van der Waals surface area contributed by atoms with Crippen LogP contribution in [0.2, 0.25) is 0 Å². The molecule has 0 fully saturated rings. The first-order valence-electron chi connectivity index (χ1n) is 8.42. The van der Waals surface area contributed by atoms with Crippen molar-refractivity contribution in [2.45, 2.75) is 36.6 Å². The molecule has 0 bridgehead atoms. The number of fused-ring (bicyclic) bond motifs is 3. The Balaban J connectivity index is 1.63. The van der Waals surface area contributed by atoms with Gasteiger partial charge in [-0.25, -0.2) is 4.98 Å². The van der Waals surface area contributed by atoms with Gasteiger partial charge in [-0.05, 0) is 36.8 Å². The first-order chi connectivity index (χ1) is 12.5. The SMILES string of the molecule is Cn1c(SCc2ccc([N+](=O)[O-])cc2)nc2sc3c(c2c1=O)CCCC3. The first-order valence-corrected chi connectivity index (χ1v) is 10.2. The van der Waals surface area contributed by atoms with Gasteiger partial charge in [0.1, 0.15) is 4.83 Å². The molecule has 6 nitrogen and oxygen atoms in total. The maximum absolute atomic E-state index is 12.9. The molecule has 1 aliphatic rings. The number of hydrogen-bond acceptors (Lipinski definition) is 6. The number of aryl methyl sites for hydroxylation is 2. The highest BCUT2D eigenvalue weighted by atomic mass is 32.2. The van der Waals surface area contributed by atoms with Gasteiger partial charge in [-0.3, -0.25) is 19.5 Å². The van der Waals surface area contributed by atoms with Crippen molar-refractivity contribution in [2.24, 2.45) is 7.05 Å². The van der Waals surface area contributed by atoms with Crippen molar-refractivity contribution in [2.75, 3.05) is 0 Å². The first kappa shape index (κ1) is 17.2. The molecule has 0 unspecified atom stereocenters.